The lowest BCUT2D eigenvalue weighted by atomic mass is 9.98. The predicted octanol–water partition coefficient (Wildman–Crippen LogP) is 4.64. The van der Waals surface area contributed by atoms with Gasteiger partial charge in [-0.1, -0.05) is 25.4 Å². The van der Waals surface area contributed by atoms with Gasteiger partial charge in [0.05, 0.1) is 30.3 Å². The van der Waals surface area contributed by atoms with E-state index in [1.165, 1.54) is 0 Å². The second-order valence-corrected chi connectivity index (χ2v) is 10.5. The van der Waals surface area contributed by atoms with Crippen LogP contribution in [0.4, 0.5) is 10.1 Å². The number of aryl methyl sites for hydroxylation is 1. The molecule has 0 amide bonds. The standard InChI is InChI=1S/C28H35ClFN3O3/c1-17(2)25(16-34)33-15-18(3)28(35)22-12-19(26(36-5)14-24(22)33)10-20-11-21(13-23(29)27(20)30)32-8-6-31(4)7-9-32/h11-15,17,25,34H,6-10,16H2,1-5H3. The molecule has 1 aliphatic heterocycles. The number of rotatable bonds is 7. The minimum Gasteiger partial charge on any atom is -0.496 e. The average molecular weight is 516 g/mol. The first-order valence-electron chi connectivity index (χ1n) is 12.4. The molecule has 1 fully saturated rings. The van der Waals surface area contributed by atoms with Gasteiger partial charge in [0, 0.05) is 61.5 Å². The minimum atomic E-state index is -0.460. The highest BCUT2D eigenvalue weighted by molar-refractivity contribution is 6.31. The van der Waals surface area contributed by atoms with Crippen LogP contribution in [0.1, 0.15) is 36.6 Å². The van der Waals surface area contributed by atoms with Gasteiger partial charge in [0.1, 0.15) is 11.6 Å². The summed E-state index contributed by atoms with van der Waals surface area (Å²) in [5, 5.41) is 10.7. The lowest BCUT2D eigenvalue weighted by Crippen LogP contribution is -2.44. The van der Waals surface area contributed by atoms with E-state index in [1.54, 1.807) is 32.4 Å². The van der Waals surface area contributed by atoms with Crippen LogP contribution in [0.2, 0.25) is 5.02 Å². The number of anilines is 1. The van der Waals surface area contributed by atoms with E-state index in [1.807, 2.05) is 30.5 Å². The molecule has 1 aromatic heterocycles. The number of aliphatic hydroxyl groups excluding tert-OH is 1. The molecule has 0 bridgehead atoms. The van der Waals surface area contributed by atoms with Gasteiger partial charge in [-0.2, -0.15) is 0 Å². The Bertz CT molecular complexity index is 1320. The van der Waals surface area contributed by atoms with E-state index in [9.17, 15) is 9.90 Å². The molecule has 2 heterocycles. The highest BCUT2D eigenvalue weighted by Gasteiger charge is 2.22. The molecular formula is C28H35ClFN3O3. The maximum Gasteiger partial charge on any atom is 0.192 e. The summed E-state index contributed by atoms with van der Waals surface area (Å²) in [5.74, 6) is 0.248. The normalized spacial score (nSPS) is 15.6. The molecule has 8 heteroatoms. The van der Waals surface area contributed by atoms with E-state index in [0.29, 0.717) is 33.3 Å². The van der Waals surface area contributed by atoms with Crippen LogP contribution in [-0.2, 0) is 6.42 Å². The molecule has 36 heavy (non-hydrogen) atoms. The summed E-state index contributed by atoms with van der Waals surface area (Å²) in [6.07, 6.45) is 2.02. The summed E-state index contributed by atoms with van der Waals surface area (Å²) in [6, 6.07) is 6.96. The largest absolute Gasteiger partial charge is 0.496 e. The van der Waals surface area contributed by atoms with Gasteiger partial charge in [-0.05, 0) is 49.2 Å². The zero-order valence-corrected chi connectivity index (χ0v) is 22.4. The first-order chi connectivity index (χ1) is 17.1. The molecule has 0 aliphatic carbocycles. The fourth-order valence-corrected chi connectivity index (χ4v) is 5.23. The number of benzene rings is 2. The van der Waals surface area contributed by atoms with Crippen molar-refractivity contribution >= 4 is 28.2 Å². The fourth-order valence-electron chi connectivity index (χ4n) is 4.99. The lowest BCUT2D eigenvalue weighted by Gasteiger charge is -2.34. The zero-order chi connectivity index (χ0) is 26.1. The summed E-state index contributed by atoms with van der Waals surface area (Å²) in [6.45, 7) is 9.34. The first-order valence-corrected chi connectivity index (χ1v) is 12.8. The van der Waals surface area contributed by atoms with E-state index in [0.717, 1.165) is 31.9 Å². The van der Waals surface area contributed by atoms with Crippen molar-refractivity contribution in [1.82, 2.24) is 9.47 Å². The van der Waals surface area contributed by atoms with Gasteiger partial charge >= 0.3 is 0 Å². The van der Waals surface area contributed by atoms with Crippen molar-refractivity contribution < 1.29 is 14.2 Å². The Morgan fingerprint density at radius 1 is 1.11 bits per heavy atom. The maximum atomic E-state index is 15.2. The predicted molar refractivity (Wildman–Crippen MR) is 144 cm³/mol. The summed E-state index contributed by atoms with van der Waals surface area (Å²) < 4.78 is 22.9. The van der Waals surface area contributed by atoms with E-state index in [-0.39, 0.29) is 35.4 Å². The van der Waals surface area contributed by atoms with Crippen LogP contribution in [0.25, 0.3) is 10.9 Å². The number of aromatic nitrogens is 1. The van der Waals surface area contributed by atoms with Crippen molar-refractivity contribution in [3.8, 4) is 5.75 Å². The first kappa shape index (κ1) is 26.5. The lowest BCUT2D eigenvalue weighted by molar-refractivity contribution is 0.195. The zero-order valence-electron chi connectivity index (χ0n) is 21.6. The van der Waals surface area contributed by atoms with Crippen LogP contribution in [0, 0.1) is 18.7 Å². The Balaban J connectivity index is 1.82. The molecule has 1 saturated heterocycles. The van der Waals surface area contributed by atoms with Crippen LogP contribution in [0.3, 0.4) is 0 Å². The molecule has 0 saturated carbocycles. The molecule has 0 radical (unpaired) electrons. The molecular weight excluding hydrogens is 481 g/mol. The molecule has 194 valence electrons. The quantitative estimate of drug-likeness (QED) is 0.496. The Hall–Kier alpha value is -2.61. The third-order valence-corrected chi connectivity index (χ3v) is 7.54. The van der Waals surface area contributed by atoms with Crippen LogP contribution >= 0.6 is 11.6 Å². The average Bonchev–Trinajstić information content (AvgIpc) is 2.85. The van der Waals surface area contributed by atoms with E-state index in [4.69, 9.17) is 16.3 Å². The summed E-state index contributed by atoms with van der Waals surface area (Å²) in [4.78, 5) is 17.6. The Kier molecular flexibility index (Phi) is 7.93. The van der Waals surface area contributed by atoms with Crippen molar-refractivity contribution in [2.45, 2.75) is 33.2 Å². The van der Waals surface area contributed by atoms with Gasteiger partial charge in [0.15, 0.2) is 5.43 Å². The number of hydrogen-bond acceptors (Lipinski definition) is 5. The molecule has 0 spiro atoms. The molecule has 3 aromatic rings. The Morgan fingerprint density at radius 2 is 1.81 bits per heavy atom. The van der Waals surface area contributed by atoms with Crippen LogP contribution < -0.4 is 15.1 Å². The van der Waals surface area contributed by atoms with Gasteiger partial charge in [0.2, 0.25) is 0 Å². The van der Waals surface area contributed by atoms with Gasteiger partial charge in [-0.25, -0.2) is 4.39 Å². The van der Waals surface area contributed by atoms with E-state index in [2.05, 4.69) is 16.8 Å². The SMILES string of the molecule is COc1cc2c(cc1Cc1cc(N3CCN(C)CC3)cc(Cl)c1F)c(=O)c(C)cn2C(CO)C(C)C. The number of fused-ring (bicyclic) bond motifs is 1. The molecule has 1 aliphatic rings. The number of hydrogen-bond donors (Lipinski definition) is 1. The second kappa shape index (κ2) is 10.8. The fraction of sp³-hybridized carbons (Fsp3) is 0.464. The van der Waals surface area contributed by atoms with Gasteiger partial charge in [0.25, 0.3) is 0 Å². The van der Waals surface area contributed by atoms with Crippen LogP contribution in [0.15, 0.2) is 35.3 Å². The van der Waals surface area contributed by atoms with E-state index >= 15 is 4.39 Å². The summed E-state index contributed by atoms with van der Waals surface area (Å²) in [7, 11) is 3.66. The van der Waals surface area contributed by atoms with Gasteiger partial charge in [-0.15, -0.1) is 0 Å². The maximum absolute atomic E-state index is 15.2. The van der Waals surface area contributed by atoms with Crippen molar-refractivity contribution in [1.29, 1.82) is 0 Å². The summed E-state index contributed by atoms with van der Waals surface area (Å²) >= 11 is 6.33. The number of methoxy groups -OCH3 is 1. The Morgan fingerprint density at radius 3 is 2.42 bits per heavy atom. The highest BCUT2D eigenvalue weighted by atomic mass is 35.5. The summed E-state index contributed by atoms with van der Waals surface area (Å²) in [5.41, 5.74) is 3.24. The van der Waals surface area contributed by atoms with Crippen LogP contribution in [0.5, 0.6) is 5.75 Å². The monoisotopic (exact) mass is 515 g/mol. The number of nitrogens with zero attached hydrogens (tertiary/aromatic N) is 3. The highest BCUT2D eigenvalue weighted by Crippen LogP contribution is 2.33. The number of likely N-dealkylation sites (N-methyl/N-ethyl adjacent to an activating group) is 1. The molecule has 4 rings (SSSR count). The number of piperazine rings is 1. The topological polar surface area (TPSA) is 57.9 Å². The van der Waals surface area contributed by atoms with Crippen molar-refractivity contribution in [3.05, 3.63) is 68.2 Å². The third kappa shape index (κ3) is 5.10. The number of pyridine rings is 1. The Labute approximate surface area is 216 Å². The van der Waals surface area contributed by atoms with Crippen molar-refractivity contribution in [3.63, 3.8) is 0 Å². The molecule has 1 N–H and O–H groups in total. The molecule has 6 nitrogen and oxygen atoms in total. The molecule has 1 atom stereocenters. The molecule has 1 unspecified atom stereocenters. The van der Waals surface area contributed by atoms with Gasteiger partial charge in [-0.3, -0.25) is 4.79 Å². The smallest absolute Gasteiger partial charge is 0.192 e. The molecule has 2 aromatic carbocycles. The minimum absolute atomic E-state index is 0.0536. The van der Waals surface area contributed by atoms with E-state index < -0.39 is 5.82 Å². The van der Waals surface area contributed by atoms with Crippen molar-refractivity contribution in [2.24, 2.45) is 5.92 Å². The second-order valence-electron chi connectivity index (χ2n) is 10.1. The number of aliphatic hydroxyl groups is 1. The van der Waals surface area contributed by atoms with Crippen LogP contribution in [-0.4, -0.2) is 61.5 Å². The van der Waals surface area contributed by atoms with Crippen molar-refractivity contribution in [2.75, 3.05) is 51.8 Å². The van der Waals surface area contributed by atoms with Gasteiger partial charge < -0.3 is 24.2 Å². The number of halogens is 2. The number of ether oxygens (including phenoxy) is 1. The third-order valence-electron chi connectivity index (χ3n) is 7.26.